The number of likely N-dealkylation sites (N-methyl/N-ethyl adjacent to an activating group) is 1. The van der Waals surface area contributed by atoms with Gasteiger partial charge >= 0.3 is 0 Å². The quantitative estimate of drug-likeness (QED) is 0.654. The summed E-state index contributed by atoms with van der Waals surface area (Å²) >= 11 is 1.90. The van der Waals surface area contributed by atoms with E-state index in [-0.39, 0.29) is 0 Å². The lowest BCUT2D eigenvalue weighted by Crippen LogP contribution is -2.45. The molecule has 0 atom stereocenters. The number of hydrogen-bond donors (Lipinski definition) is 0. The summed E-state index contributed by atoms with van der Waals surface area (Å²) in [5.74, 6) is 1.96. The van der Waals surface area contributed by atoms with E-state index in [0.29, 0.717) is 0 Å². The Kier molecular flexibility index (Phi) is 4.99. The third kappa shape index (κ3) is 3.40. The Bertz CT molecular complexity index is 960. The summed E-state index contributed by atoms with van der Waals surface area (Å²) in [5, 5.41) is 1.33. The van der Waals surface area contributed by atoms with Crippen LogP contribution in [0.5, 0.6) is 0 Å². The topological polar surface area (TPSA) is 45.2 Å². The highest BCUT2D eigenvalue weighted by Gasteiger charge is 2.25. The van der Waals surface area contributed by atoms with Crippen LogP contribution >= 0.6 is 11.3 Å². The first kappa shape index (κ1) is 18.0. The van der Waals surface area contributed by atoms with Crippen LogP contribution in [-0.4, -0.2) is 53.1 Å². The fourth-order valence-electron chi connectivity index (χ4n) is 4.36. The van der Waals surface area contributed by atoms with E-state index in [2.05, 4.69) is 27.9 Å². The zero-order chi connectivity index (χ0) is 18.9. The van der Waals surface area contributed by atoms with Crippen LogP contribution < -0.4 is 4.90 Å². The second-order valence-electron chi connectivity index (χ2n) is 8.00. The van der Waals surface area contributed by atoms with Gasteiger partial charge < -0.3 is 9.80 Å². The molecular weight excluding hydrogens is 366 g/mol. The zero-order valence-corrected chi connectivity index (χ0v) is 17.3. The van der Waals surface area contributed by atoms with Crippen molar-refractivity contribution in [3.8, 4) is 11.4 Å². The lowest BCUT2D eigenvalue weighted by Gasteiger charge is -2.34. The third-order valence-electron chi connectivity index (χ3n) is 6.02. The van der Waals surface area contributed by atoms with Crippen LogP contribution in [0.4, 0.5) is 5.82 Å². The van der Waals surface area contributed by atoms with Gasteiger partial charge in [-0.3, -0.25) is 4.98 Å². The Hall–Kier alpha value is -2.05. The Labute approximate surface area is 170 Å². The SMILES string of the molecule is CN1CCN(c2nc(-c3cccnc3)nc3sc4c(c23)CCCCCC4)CC1. The van der Waals surface area contributed by atoms with Gasteiger partial charge in [0.25, 0.3) is 0 Å². The molecule has 0 saturated carbocycles. The van der Waals surface area contributed by atoms with Gasteiger partial charge in [0.1, 0.15) is 10.6 Å². The van der Waals surface area contributed by atoms with Gasteiger partial charge in [-0.25, -0.2) is 9.97 Å². The summed E-state index contributed by atoms with van der Waals surface area (Å²) in [6.45, 7) is 4.22. The molecule has 0 unspecified atom stereocenters. The Balaban J connectivity index is 1.68. The van der Waals surface area contributed by atoms with Crippen LogP contribution in [0.15, 0.2) is 24.5 Å². The highest BCUT2D eigenvalue weighted by atomic mass is 32.1. The number of pyridine rings is 1. The van der Waals surface area contributed by atoms with E-state index < -0.39 is 0 Å². The third-order valence-corrected chi connectivity index (χ3v) is 7.20. The molecule has 1 fully saturated rings. The molecule has 0 N–H and O–H groups in total. The average Bonchev–Trinajstić information content (AvgIpc) is 3.05. The number of nitrogens with zero attached hydrogens (tertiary/aromatic N) is 5. The summed E-state index contributed by atoms with van der Waals surface area (Å²) in [7, 11) is 2.20. The molecular formula is C22H27N5S. The Morgan fingerprint density at radius 3 is 2.57 bits per heavy atom. The second-order valence-corrected chi connectivity index (χ2v) is 9.08. The van der Waals surface area contributed by atoms with Gasteiger partial charge in [0.2, 0.25) is 0 Å². The molecule has 0 bridgehead atoms. The van der Waals surface area contributed by atoms with Crippen molar-refractivity contribution in [2.24, 2.45) is 0 Å². The molecule has 1 aliphatic carbocycles. The molecule has 3 aromatic heterocycles. The molecule has 5 rings (SSSR count). The first-order valence-electron chi connectivity index (χ1n) is 10.5. The Morgan fingerprint density at radius 1 is 0.964 bits per heavy atom. The van der Waals surface area contributed by atoms with Crippen molar-refractivity contribution in [3.63, 3.8) is 0 Å². The highest BCUT2D eigenvalue weighted by molar-refractivity contribution is 7.19. The summed E-state index contributed by atoms with van der Waals surface area (Å²) in [4.78, 5) is 22.0. The first-order valence-corrected chi connectivity index (χ1v) is 11.3. The van der Waals surface area contributed by atoms with Crippen molar-refractivity contribution in [1.29, 1.82) is 0 Å². The Morgan fingerprint density at radius 2 is 1.79 bits per heavy atom. The van der Waals surface area contributed by atoms with Gasteiger partial charge in [0.15, 0.2) is 5.82 Å². The summed E-state index contributed by atoms with van der Waals surface area (Å²) < 4.78 is 0. The first-order chi connectivity index (χ1) is 13.8. The van der Waals surface area contributed by atoms with E-state index in [1.807, 2.05) is 23.6 Å². The van der Waals surface area contributed by atoms with Crippen LogP contribution in [0, 0.1) is 0 Å². The largest absolute Gasteiger partial charge is 0.353 e. The van der Waals surface area contributed by atoms with Gasteiger partial charge in [-0.2, -0.15) is 0 Å². The lowest BCUT2D eigenvalue weighted by atomic mass is 9.97. The number of piperazine rings is 1. The minimum absolute atomic E-state index is 0.809. The molecule has 146 valence electrons. The summed E-state index contributed by atoms with van der Waals surface area (Å²) in [6.07, 6.45) is 11.3. The van der Waals surface area contributed by atoms with Crippen LogP contribution in [0.25, 0.3) is 21.6 Å². The van der Waals surface area contributed by atoms with Gasteiger partial charge in [-0.1, -0.05) is 12.8 Å². The maximum atomic E-state index is 5.12. The van der Waals surface area contributed by atoms with Crippen LogP contribution in [-0.2, 0) is 12.8 Å². The van der Waals surface area contributed by atoms with Crippen molar-refractivity contribution < 1.29 is 0 Å². The normalized spacial score (nSPS) is 18.7. The maximum absolute atomic E-state index is 5.12. The van der Waals surface area contributed by atoms with Crippen molar-refractivity contribution in [2.45, 2.75) is 38.5 Å². The maximum Gasteiger partial charge on any atom is 0.164 e. The van der Waals surface area contributed by atoms with Gasteiger partial charge in [-0.15, -0.1) is 11.3 Å². The van der Waals surface area contributed by atoms with E-state index in [1.165, 1.54) is 49.5 Å². The van der Waals surface area contributed by atoms with Crippen molar-refractivity contribution in [3.05, 3.63) is 35.0 Å². The standard InChI is InChI=1S/C22H27N5S/c1-26-11-13-27(14-12-26)21-19-17-8-4-2-3-5-9-18(17)28-22(19)25-20(24-21)16-7-6-10-23-15-16/h6-7,10,15H,2-5,8-9,11-14H2,1H3. The molecule has 0 spiro atoms. The molecule has 2 aliphatic rings. The molecule has 0 aromatic carbocycles. The second kappa shape index (κ2) is 7.76. The lowest BCUT2D eigenvalue weighted by molar-refractivity contribution is 0.312. The van der Waals surface area contributed by atoms with Crippen molar-refractivity contribution in [2.75, 3.05) is 38.1 Å². The number of aromatic nitrogens is 3. The number of thiophene rings is 1. The summed E-state index contributed by atoms with van der Waals surface area (Å²) in [6, 6.07) is 4.03. The summed E-state index contributed by atoms with van der Waals surface area (Å²) in [5.41, 5.74) is 2.53. The molecule has 6 heteroatoms. The smallest absolute Gasteiger partial charge is 0.164 e. The molecule has 5 nitrogen and oxygen atoms in total. The van der Waals surface area contributed by atoms with E-state index in [0.717, 1.165) is 48.2 Å². The zero-order valence-electron chi connectivity index (χ0n) is 16.5. The number of rotatable bonds is 2. The molecule has 28 heavy (non-hydrogen) atoms. The van der Waals surface area contributed by atoms with E-state index in [1.54, 1.807) is 11.1 Å². The monoisotopic (exact) mass is 393 g/mol. The number of anilines is 1. The van der Waals surface area contributed by atoms with Crippen molar-refractivity contribution in [1.82, 2.24) is 19.9 Å². The molecule has 1 saturated heterocycles. The van der Waals surface area contributed by atoms with Crippen molar-refractivity contribution >= 4 is 27.4 Å². The predicted octanol–water partition coefficient (Wildman–Crippen LogP) is 4.16. The molecule has 4 heterocycles. The molecule has 0 amide bonds. The van der Waals surface area contributed by atoms with Crippen LogP contribution in [0.3, 0.4) is 0 Å². The van der Waals surface area contributed by atoms with Gasteiger partial charge in [-0.05, 0) is 50.4 Å². The van der Waals surface area contributed by atoms with E-state index in [4.69, 9.17) is 9.97 Å². The fraction of sp³-hybridized carbons (Fsp3) is 0.500. The highest BCUT2D eigenvalue weighted by Crippen LogP contribution is 2.40. The van der Waals surface area contributed by atoms with Gasteiger partial charge in [0, 0.05) is 49.0 Å². The molecule has 3 aromatic rings. The molecule has 0 radical (unpaired) electrons. The van der Waals surface area contributed by atoms with E-state index in [9.17, 15) is 0 Å². The minimum atomic E-state index is 0.809. The minimum Gasteiger partial charge on any atom is -0.353 e. The van der Waals surface area contributed by atoms with E-state index >= 15 is 0 Å². The average molecular weight is 394 g/mol. The molecule has 1 aliphatic heterocycles. The number of hydrogen-bond acceptors (Lipinski definition) is 6. The fourth-order valence-corrected chi connectivity index (χ4v) is 5.62. The predicted molar refractivity (Wildman–Crippen MR) is 116 cm³/mol. The number of aryl methyl sites for hydroxylation is 2. The number of fused-ring (bicyclic) bond motifs is 3. The van der Waals surface area contributed by atoms with Gasteiger partial charge in [0.05, 0.1) is 5.39 Å². The van der Waals surface area contributed by atoms with Crippen LogP contribution in [0.2, 0.25) is 0 Å². The van der Waals surface area contributed by atoms with Crippen LogP contribution in [0.1, 0.15) is 36.1 Å².